The van der Waals surface area contributed by atoms with E-state index in [-0.39, 0.29) is 0 Å². The molecule has 0 unspecified atom stereocenters. The number of aldehydes is 1. The Morgan fingerprint density at radius 2 is 2.22 bits per heavy atom. The number of carbonyl (C=O) groups excluding carboxylic acids is 1. The highest BCUT2D eigenvalue weighted by molar-refractivity contribution is 5.78. The van der Waals surface area contributed by atoms with Gasteiger partial charge < -0.3 is 4.90 Å². The third-order valence-corrected chi connectivity index (χ3v) is 3.36. The van der Waals surface area contributed by atoms with Crippen LogP contribution in [0.5, 0.6) is 0 Å². The van der Waals surface area contributed by atoms with E-state index >= 15 is 0 Å². The lowest BCUT2D eigenvalue weighted by molar-refractivity contribution is 0.112. The molecular formula is C15H18N2O. The zero-order valence-corrected chi connectivity index (χ0v) is 10.9. The number of nitriles is 1. The number of hydrogen-bond donors (Lipinski definition) is 0. The minimum absolute atomic E-state index is 0.361. The first-order valence-corrected chi connectivity index (χ1v) is 6.41. The van der Waals surface area contributed by atoms with E-state index in [0.717, 1.165) is 24.4 Å². The molecule has 94 valence electrons. The van der Waals surface area contributed by atoms with Gasteiger partial charge in [-0.05, 0) is 50.8 Å². The third-order valence-electron chi connectivity index (χ3n) is 3.36. The maximum Gasteiger partial charge on any atom is 0.150 e. The quantitative estimate of drug-likeness (QED) is 0.745. The van der Waals surface area contributed by atoms with Crippen LogP contribution in [0.25, 0.3) is 0 Å². The molecule has 1 aromatic rings. The first-order chi connectivity index (χ1) is 8.65. The van der Waals surface area contributed by atoms with Gasteiger partial charge in [0.1, 0.15) is 12.4 Å². The molecule has 1 saturated carbocycles. The van der Waals surface area contributed by atoms with Gasteiger partial charge in [0, 0.05) is 18.2 Å². The van der Waals surface area contributed by atoms with Crippen molar-refractivity contribution in [1.29, 1.82) is 5.26 Å². The van der Waals surface area contributed by atoms with E-state index in [1.807, 2.05) is 6.07 Å². The van der Waals surface area contributed by atoms with Gasteiger partial charge in [-0.2, -0.15) is 5.26 Å². The van der Waals surface area contributed by atoms with Crippen LogP contribution in [-0.4, -0.2) is 18.9 Å². The Morgan fingerprint density at radius 1 is 1.50 bits per heavy atom. The Kier molecular flexibility index (Phi) is 3.66. The Balaban J connectivity index is 2.33. The minimum atomic E-state index is 0.361. The molecule has 0 radical (unpaired) electrons. The number of nitrogens with zero attached hydrogens (tertiary/aromatic N) is 2. The van der Waals surface area contributed by atoms with Crippen LogP contribution in [0.15, 0.2) is 18.2 Å². The van der Waals surface area contributed by atoms with Crippen molar-refractivity contribution in [3.63, 3.8) is 0 Å². The van der Waals surface area contributed by atoms with Crippen molar-refractivity contribution >= 4 is 12.0 Å². The molecule has 1 aliphatic carbocycles. The van der Waals surface area contributed by atoms with Crippen molar-refractivity contribution in [2.75, 3.05) is 11.4 Å². The average molecular weight is 242 g/mol. The second kappa shape index (κ2) is 5.22. The lowest BCUT2D eigenvalue weighted by atomic mass is 10.1. The maximum absolute atomic E-state index is 10.8. The molecule has 0 aromatic heterocycles. The van der Waals surface area contributed by atoms with E-state index in [2.05, 4.69) is 24.8 Å². The van der Waals surface area contributed by atoms with Crippen LogP contribution in [-0.2, 0) is 0 Å². The highest BCUT2D eigenvalue weighted by Crippen LogP contribution is 2.33. The first-order valence-electron chi connectivity index (χ1n) is 6.41. The van der Waals surface area contributed by atoms with Crippen molar-refractivity contribution in [3.05, 3.63) is 29.3 Å². The first kappa shape index (κ1) is 12.6. The van der Waals surface area contributed by atoms with Gasteiger partial charge in [0.15, 0.2) is 0 Å². The van der Waals surface area contributed by atoms with Gasteiger partial charge in [-0.15, -0.1) is 0 Å². The minimum Gasteiger partial charge on any atom is -0.368 e. The molecule has 1 aromatic carbocycles. The summed E-state index contributed by atoms with van der Waals surface area (Å²) in [5.74, 6) is 0.768. The fourth-order valence-electron chi connectivity index (χ4n) is 2.13. The molecule has 0 spiro atoms. The van der Waals surface area contributed by atoms with E-state index in [0.29, 0.717) is 17.2 Å². The molecule has 1 aliphatic rings. The predicted octanol–water partition coefficient (Wildman–Crippen LogP) is 3.00. The topological polar surface area (TPSA) is 44.1 Å². The summed E-state index contributed by atoms with van der Waals surface area (Å²) in [6.07, 6.45) is 3.36. The fourth-order valence-corrected chi connectivity index (χ4v) is 2.13. The zero-order valence-electron chi connectivity index (χ0n) is 10.9. The molecule has 0 aliphatic heterocycles. The van der Waals surface area contributed by atoms with Gasteiger partial charge in [-0.25, -0.2) is 0 Å². The number of carbonyl (C=O) groups is 1. The van der Waals surface area contributed by atoms with Crippen LogP contribution >= 0.6 is 0 Å². The highest BCUT2D eigenvalue weighted by atomic mass is 16.1. The zero-order chi connectivity index (χ0) is 13.1. The van der Waals surface area contributed by atoms with Crippen molar-refractivity contribution in [2.45, 2.75) is 32.7 Å². The smallest absolute Gasteiger partial charge is 0.150 e. The maximum atomic E-state index is 10.8. The van der Waals surface area contributed by atoms with Gasteiger partial charge >= 0.3 is 0 Å². The lowest BCUT2D eigenvalue weighted by Crippen LogP contribution is -2.33. The number of anilines is 1. The summed E-state index contributed by atoms with van der Waals surface area (Å²) in [7, 11) is 0. The summed E-state index contributed by atoms with van der Waals surface area (Å²) < 4.78 is 0. The van der Waals surface area contributed by atoms with Crippen molar-refractivity contribution in [3.8, 4) is 6.07 Å². The Morgan fingerprint density at radius 3 is 2.72 bits per heavy atom. The number of rotatable bonds is 5. The lowest BCUT2D eigenvalue weighted by Gasteiger charge is -2.30. The molecule has 0 bridgehead atoms. The molecule has 18 heavy (non-hydrogen) atoms. The molecule has 0 N–H and O–H groups in total. The molecule has 1 fully saturated rings. The fraction of sp³-hybridized carbons (Fsp3) is 0.467. The van der Waals surface area contributed by atoms with Crippen LogP contribution in [0.4, 0.5) is 5.69 Å². The van der Waals surface area contributed by atoms with Gasteiger partial charge in [-0.1, -0.05) is 0 Å². The van der Waals surface area contributed by atoms with E-state index in [1.165, 1.54) is 12.8 Å². The van der Waals surface area contributed by atoms with Crippen molar-refractivity contribution < 1.29 is 4.79 Å². The van der Waals surface area contributed by atoms with Crippen molar-refractivity contribution in [2.24, 2.45) is 5.92 Å². The van der Waals surface area contributed by atoms with Crippen LogP contribution < -0.4 is 4.90 Å². The summed E-state index contributed by atoms with van der Waals surface area (Å²) in [5.41, 5.74) is 2.10. The summed E-state index contributed by atoms with van der Waals surface area (Å²) in [5, 5.41) is 9.23. The van der Waals surface area contributed by atoms with Crippen LogP contribution in [0.2, 0.25) is 0 Å². The SMILES string of the molecule is CC(C)N(CC1CC1)c1ccc(C=O)cc1C#N. The summed E-state index contributed by atoms with van der Waals surface area (Å²) in [6, 6.07) is 7.91. The Hall–Kier alpha value is -1.82. The van der Waals surface area contributed by atoms with Crippen molar-refractivity contribution in [1.82, 2.24) is 0 Å². The Labute approximate surface area is 108 Å². The number of benzene rings is 1. The molecule has 0 atom stereocenters. The van der Waals surface area contributed by atoms with E-state index < -0.39 is 0 Å². The molecule has 0 amide bonds. The second-order valence-electron chi connectivity index (χ2n) is 5.20. The van der Waals surface area contributed by atoms with Crippen LogP contribution in [0.3, 0.4) is 0 Å². The largest absolute Gasteiger partial charge is 0.368 e. The monoisotopic (exact) mass is 242 g/mol. The summed E-state index contributed by atoms with van der Waals surface area (Å²) >= 11 is 0. The predicted molar refractivity (Wildman–Crippen MR) is 71.8 cm³/mol. The molecule has 0 heterocycles. The van der Waals surface area contributed by atoms with Crippen LogP contribution in [0, 0.1) is 17.2 Å². The van der Waals surface area contributed by atoms with E-state index in [1.54, 1.807) is 12.1 Å². The van der Waals surface area contributed by atoms with Gasteiger partial charge in [0.05, 0.1) is 11.3 Å². The van der Waals surface area contributed by atoms with Gasteiger partial charge in [0.25, 0.3) is 0 Å². The van der Waals surface area contributed by atoms with E-state index in [4.69, 9.17) is 0 Å². The van der Waals surface area contributed by atoms with Gasteiger partial charge in [0.2, 0.25) is 0 Å². The highest BCUT2D eigenvalue weighted by Gasteiger charge is 2.26. The molecule has 3 nitrogen and oxygen atoms in total. The number of hydrogen-bond acceptors (Lipinski definition) is 3. The van der Waals surface area contributed by atoms with Crippen LogP contribution in [0.1, 0.15) is 42.6 Å². The Bertz CT molecular complexity index is 484. The van der Waals surface area contributed by atoms with Gasteiger partial charge in [-0.3, -0.25) is 4.79 Å². The normalized spacial score (nSPS) is 14.3. The molecule has 3 heteroatoms. The summed E-state index contributed by atoms with van der Waals surface area (Å²) in [4.78, 5) is 13.0. The average Bonchev–Trinajstić information content (AvgIpc) is 3.19. The molecule has 2 rings (SSSR count). The third kappa shape index (κ3) is 2.70. The molecule has 0 saturated heterocycles. The molecular weight excluding hydrogens is 224 g/mol. The van der Waals surface area contributed by atoms with E-state index in [9.17, 15) is 10.1 Å². The summed E-state index contributed by atoms with van der Waals surface area (Å²) in [6.45, 7) is 5.28. The standard InChI is InChI=1S/C15H18N2O/c1-11(2)17(9-12-3-4-12)15-6-5-13(10-18)7-14(15)8-16/h5-7,10-12H,3-4,9H2,1-2H3. The second-order valence-corrected chi connectivity index (χ2v) is 5.20.